The minimum Gasteiger partial charge on any atom is -0.490 e. The van der Waals surface area contributed by atoms with Crippen molar-refractivity contribution in [3.8, 4) is 5.75 Å². The van der Waals surface area contributed by atoms with Gasteiger partial charge >= 0.3 is 0 Å². The molecule has 3 rings (SSSR count). The summed E-state index contributed by atoms with van der Waals surface area (Å²) in [5.41, 5.74) is -2.20. The van der Waals surface area contributed by atoms with E-state index in [0.29, 0.717) is 6.07 Å². The Morgan fingerprint density at radius 2 is 1.96 bits per heavy atom. The first-order valence-corrected chi connectivity index (χ1v) is 7.75. The third-order valence-electron chi connectivity index (χ3n) is 3.85. The number of ether oxygens (including phenoxy) is 1. The molecule has 3 aromatic rings. The average Bonchev–Trinajstić information content (AvgIpc) is 3.13. The molecule has 0 aliphatic carbocycles. The number of aromatic nitrogens is 3. The van der Waals surface area contributed by atoms with Crippen LogP contribution in [-0.4, -0.2) is 31.4 Å². The Hall–Kier alpha value is -3.40. The number of nitro benzene ring substituents is 1. The van der Waals surface area contributed by atoms with Gasteiger partial charge in [0.2, 0.25) is 0 Å². The van der Waals surface area contributed by atoms with Crippen LogP contribution in [0, 0.1) is 21.7 Å². The lowest BCUT2D eigenvalue weighted by Gasteiger charge is -2.28. The number of non-ortho nitro benzene ring substituents is 1. The van der Waals surface area contributed by atoms with Crippen LogP contribution in [-0.2, 0) is 12.1 Å². The van der Waals surface area contributed by atoms with Crippen molar-refractivity contribution in [2.45, 2.75) is 12.1 Å². The van der Waals surface area contributed by atoms with Crippen LogP contribution in [0.1, 0.15) is 5.56 Å². The minimum atomic E-state index is -1.90. The predicted molar refractivity (Wildman–Crippen MR) is 88.9 cm³/mol. The van der Waals surface area contributed by atoms with E-state index >= 15 is 0 Å². The Bertz CT molecular complexity index is 935. The summed E-state index contributed by atoms with van der Waals surface area (Å²) in [7, 11) is 0. The maximum Gasteiger partial charge on any atom is 0.269 e. The van der Waals surface area contributed by atoms with E-state index in [1.165, 1.54) is 41.6 Å². The second-order valence-corrected chi connectivity index (χ2v) is 5.79. The molecule has 0 bridgehead atoms. The van der Waals surface area contributed by atoms with Gasteiger partial charge in [0.15, 0.2) is 0 Å². The van der Waals surface area contributed by atoms with Gasteiger partial charge in [-0.25, -0.2) is 18.4 Å². The molecular weight excluding hydrogens is 362 g/mol. The van der Waals surface area contributed by atoms with Gasteiger partial charge in [-0.05, 0) is 18.2 Å². The molecule has 1 atom stereocenters. The van der Waals surface area contributed by atoms with Gasteiger partial charge in [0.25, 0.3) is 5.69 Å². The molecule has 0 saturated heterocycles. The number of hydrogen-bond donors (Lipinski definition) is 1. The van der Waals surface area contributed by atoms with Crippen LogP contribution in [0.4, 0.5) is 14.5 Å². The van der Waals surface area contributed by atoms with Crippen molar-refractivity contribution in [1.29, 1.82) is 0 Å². The fraction of sp³-hybridized carbons (Fsp3) is 0.176. The number of rotatable bonds is 7. The fourth-order valence-corrected chi connectivity index (χ4v) is 2.52. The molecule has 0 fully saturated rings. The van der Waals surface area contributed by atoms with Crippen LogP contribution in [0.2, 0.25) is 0 Å². The maximum absolute atomic E-state index is 14.3. The van der Waals surface area contributed by atoms with Crippen LogP contribution in [0.15, 0.2) is 55.1 Å². The molecule has 1 N–H and O–H groups in total. The molecule has 1 heterocycles. The molecule has 0 saturated carbocycles. The van der Waals surface area contributed by atoms with Crippen LogP contribution >= 0.6 is 0 Å². The third kappa shape index (κ3) is 4.23. The first kappa shape index (κ1) is 18.4. The average molecular weight is 376 g/mol. The maximum atomic E-state index is 14.3. The van der Waals surface area contributed by atoms with E-state index in [-0.39, 0.29) is 23.5 Å². The summed E-state index contributed by atoms with van der Waals surface area (Å²) in [5, 5.41) is 25.6. The van der Waals surface area contributed by atoms with E-state index in [1.807, 2.05) is 0 Å². The SMILES string of the molecule is O=[N+]([O-])c1ccc(OCC(O)(Cn2cncn2)c2ccc(F)cc2F)cc1. The van der Waals surface area contributed by atoms with Crippen molar-refractivity contribution in [3.05, 3.63) is 82.4 Å². The monoisotopic (exact) mass is 376 g/mol. The van der Waals surface area contributed by atoms with E-state index < -0.39 is 28.8 Å². The van der Waals surface area contributed by atoms with Crippen molar-refractivity contribution in [2.24, 2.45) is 0 Å². The summed E-state index contributed by atoms with van der Waals surface area (Å²) < 4.78 is 34.3. The molecule has 1 unspecified atom stereocenters. The molecular formula is C17H14F2N4O4. The van der Waals surface area contributed by atoms with Gasteiger partial charge in [-0.15, -0.1) is 0 Å². The Morgan fingerprint density at radius 1 is 1.22 bits per heavy atom. The van der Waals surface area contributed by atoms with Gasteiger partial charge in [-0.1, -0.05) is 6.07 Å². The molecule has 0 spiro atoms. The lowest BCUT2D eigenvalue weighted by Crippen LogP contribution is -2.39. The Balaban J connectivity index is 1.86. The van der Waals surface area contributed by atoms with Gasteiger partial charge in [0.05, 0.1) is 11.5 Å². The van der Waals surface area contributed by atoms with Gasteiger partial charge in [0, 0.05) is 23.8 Å². The smallest absolute Gasteiger partial charge is 0.269 e. The van der Waals surface area contributed by atoms with Crippen molar-refractivity contribution >= 4 is 5.69 Å². The molecule has 27 heavy (non-hydrogen) atoms. The Labute approximate surface area is 151 Å². The largest absolute Gasteiger partial charge is 0.490 e. The van der Waals surface area contributed by atoms with Crippen molar-refractivity contribution in [3.63, 3.8) is 0 Å². The van der Waals surface area contributed by atoms with Crippen LogP contribution in [0.5, 0.6) is 5.75 Å². The highest BCUT2D eigenvalue weighted by atomic mass is 19.1. The van der Waals surface area contributed by atoms with Crippen LogP contribution in [0.3, 0.4) is 0 Å². The van der Waals surface area contributed by atoms with Crippen molar-refractivity contribution in [1.82, 2.24) is 14.8 Å². The normalized spacial score (nSPS) is 13.1. The zero-order valence-electron chi connectivity index (χ0n) is 13.8. The van der Waals surface area contributed by atoms with E-state index in [4.69, 9.17) is 4.74 Å². The second-order valence-electron chi connectivity index (χ2n) is 5.79. The zero-order chi connectivity index (χ0) is 19.4. The number of aliphatic hydroxyl groups is 1. The summed E-state index contributed by atoms with van der Waals surface area (Å²) in [4.78, 5) is 13.9. The summed E-state index contributed by atoms with van der Waals surface area (Å²) in [5.74, 6) is -1.49. The number of nitrogens with zero attached hydrogens (tertiary/aromatic N) is 4. The van der Waals surface area contributed by atoms with Crippen molar-refractivity contribution in [2.75, 3.05) is 6.61 Å². The van der Waals surface area contributed by atoms with Gasteiger partial charge < -0.3 is 9.84 Å². The molecule has 2 aromatic carbocycles. The number of nitro groups is 1. The fourth-order valence-electron chi connectivity index (χ4n) is 2.52. The minimum absolute atomic E-state index is 0.121. The molecule has 0 aliphatic rings. The molecule has 10 heteroatoms. The Kier molecular flexibility index (Phi) is 5.08. The molecule has 0 amide bonds. The van der Waals surface area contributed by atoms with Crippen LogP contribution < -0.4 is 4.74 Å². The molecule has 1 aromatic heterocycles. The highest BCUT2D eigenvalue weighted by molar-refractivity contribution is 5.36. The lowest BCUT2D eigenvalue weighted by atomic mass is 9.94. The molecule has 0 radical (unpaired) electrons. The molecule has 140 valence electrons. The molecule has 8 nitrogen and oxygen atoms in total. The first-order chi connectivity index (χ1) is 12.9. The van der Waals surface area contributed by atoms with Gasteiger partial charge in [0.1, 0.15) is 42.2 Å². The standard InChI is InChI=1S/C17H14F2N4O4/c18-12-1-6-15(16(19)7-12)17(24,8-22-11-20-10-21-22)9-27-14-4-2-13(3-5-14)23(25)26/h1-7,10-11,24H,8-9H2. The van der Waals surface area contributed by atoms with Gasteiger partial charge in [-0.3, -0.25) is 10.1 Å². The highest BCUT2D eigenvalue weighted by Crippen LogP contribution is 2.28. The second kappa shape index (κ2) is 7.46. The lowest BCUT2D eigenvalue weighted by molar-refractivity contribution is -0.384. The summed E-state index contributed by atoms with van der Waals surface area (Å²) in [6.45, 7) is -0.615. The first-order valence-electron chi connectivity index (χ1n) is 7.75. The number of halogens is 2. The zero-order valence-corrected chi connectivity index (χ0v) is 13.8. The Morgan fingerprint density at radius 3 is 2.56 bits per heavy atom. The topological polar surface area (TPSA) is 103 Å². The van der Waals surface area contributed by atoms with E-state index in [9.17, 15) is 24.0 Å². The van der Waals surface area contributed by atoms with E-state index in [1.54, 1.807) is 0 Å². The number of hydrogen-bond acceptors (Lipinski definition) is 6. The van der Waals surface area contributed by atoms with Crippen molar-refractivity contribution < 1.29 is 23.5 Å². The van der Waals surface area contributed by atoms with Gasteiger partial charge in [-0.2, -0.15) is 5.10 Å². The van der Waals surface area contributed by atoms with E-state index in [0.717, 1.165) is 12.1 Å². The van der Waals surface area contributed by atoms with E-state index in [2.05, 4.69) is 10.1 Å². The molecule has 0 aliphatic heterocycles. The third-order valence-corrected chi connectivity index (χ3v) is 3.85. The summed E-state index contributed by atoms with van der Waals surface area (Å²) in [6.07, 6.45) is 2.58. The summed E-state index contributed by atoms with van der Waals surface area (Å²) >= 11 is 0. The van der Waals surface area contributed by atoms with Crippen LogP contribution in [0.25, 0.3) is 0 Å². The summed E-state index contributed by atoms with van der Waals surface area (Å²) in [6, 6.07) is 8.00. The highest BCUT2D eigenvalue weighted by Gasteiger charge is 2.34. The predicted octanol–water partition coefficient (Wildman–Crippen LogP) is 2.43. The quantitative estimate of drug-likeness (QED) is 0.502. The number of benzene rings is 2.